The molecule has 0 saturated carbocycles. The van der Waals surface area contributed by atoms with Gasteiger partial charge in [-0.15, -0.1) is 0 Å². The zero-order chi connectivity index (χ0) is 19.3. The molecule has 0 aliphatic carbocycles. The number of fused-ring (bicyclic) bond motifs is 1. The highest BCUT2D eigenvalue weighted by Crippen LogP contribution is 2.31. The van der Waals surface area contributed by atoms with E-state index < -0.39 is 5.91 Å². The first-order valence-electron chi connectivity index (χ1n) is 9.59. The molecule has 4 N–H and O–H groups in total. The summed E-state index contributed by atoms with van der Waals surface area (Å²) in [7, 11) is 0. The molecule has 3 aromatic rings. The Hall–Kier alpha value is -2.96. The number of aromatic nitrogens is 1. The average molecular weight is 376 g/mol. The number of benzene rings is 2. The Labute approximate surface area is 164 Å². The zero-order valence-electron chi connectivity index (χ0n) is 15.7. The van der Waals surface area contributed by atoms with E-state index >= 15 is 0 Å². The van der Waals surface area contributed by atoms with Gasteiger partial charge >= 0.3 is 0 Å². The lowest BCUT2D eigenvalue weighted by Gasteiger charge is -2.24. The fraction of sp³-hybridized carbons (Fsp3) is 0.273. The molecule has 2 heterocycles. The molecule has 0 radical (unpaired) electrons. The fourth-order valence-electron chi connectivity index (χ4n) is 3.56. The number of primary amides is 1. The molecule has 1 saturated heterocycles. The van der Waals surface area contributed by atoms with E-state index in [1.807, 2.05) is 18.2 Å². The number of nitrogens with two attached hydrogens (primary N) is 1. The number of ether oxygens (including phenoxy) is 1. The Morgan fingerprint density at radius 3 is 2.61 bits per heavy atom. The molecule has 1 aromatic heterocycles. The van der Waals surface area contributed by atoms with Crippen LogP contribution in [-0.4, -0.2) is 30.0 Å². The second-order valence-electron chi connectivity index (χ2n) is 7.03. The Balaban J connectivity index is 1.55. The highest BCUT2D eigenvalue weighted by atomic mass is 16.5. The van der Waals surface area contributed by atoms with Crippen molar-refractivity contribution in [2.75, 3.05) is 13.1 Å². The van der Waals surface area contributed by atoms with Gasteiger partial charge in [0.15, 0.2) is 0 Å². The summed E-state index contributed by atoms with van der Waals surface area (Å²) in [6.45, 7) is 2.98. The SMILES string of the molecule is NC(=O)c1ccc(Oc2ccc(CNC3CCNCC3)c3ccccc23)nc1. The predicted octanol–water partition coefficient (Wildman–Crippen LogP) is 2.97. The number of rotatable bonds is 6. The molecule has 0 spiro atoms. The minimum absolute atomic E-state index is 0.358. The number of hydrogen-bond donors (Lipinski definition) is 3. The first-order valence-corrected chi connectivity index (χ1v) is 9.59. The largest absolute Gasteiger partial charge is 0.438 e. The van der Waals surface area contributed by atoms with Crippen LogP contribution < -0.4 is 21.1 Å². The topological polar surface area (TPSA) is 89.3 Å². The molecule has 1 aliphatic heterocycles. The van der Waals surface area contributed by atoms with Crippen LogP contribution in [0.3, 0.4) is 0 Å². The minimum atomic E-state index is -0.505. The van der Waals surface area contributed by atoms with Gasteiger partial charge in [-0.1, -0.05) is 30.3 Å². The quantitative estimate of drug-likeness (QED) is 0.615. The molecule has 0 unspecified atom stereocenters. The molecule has 144 valence electrons. The summed E-state index contributed by atoms with van der Waals surface area (Å²) in [6.07, 6.45) is 3.75. The number of nitrogens with zero attached hydrogens (tertiary/aromatic N) is 1. The average Bonchev–Trinajstić information content (AvgIpc) is 2.74. The second-order valence-corrected chi connectivity index (χ2v) is 7.03. The summed E-state index contributed by atoms with van der Waals surface area (Å²) in [5.41, 5.74) is 6.87. The van der Waals surface area contributed by atoms with Crippen LogP contribution in [0.5, 0.6) is 11.6 Å². The molecule has 4 rings (SSSR count). The number of hydrogen-bond acceptors (Lipinski definition) is 5. The summed E-state index contributed by atoms with van der Waals surface area (Å²) >= 11 is 0. The van der Waals surface area contributed by atoms with E-state index in [-0.39, 0.29) is 0 Å². The monoisotopic (exact) mass is 376 g/mol. The molecule has 1 amide bonds. The molecular formula is C22H24N4O2. The molecular weight excluding hydrogens is 352 g/mol. The Morgan fingerprint density at radius 1 is 1.11 bits per heavy atom. The zero-order valence-corrected chi connectivity index (χ0v) is 15.7. The Kier molecular flexibility index (Phi) is 5.50. The van der Waals surface area contributed by atoms with Crippen molar-refractivity contribution in [2.24, 2.45) is 5.73 Å². The van der Waals surface area contributed by atoms with Crippen molar-refractivity contribution in [2.45, 2.75) is 25.4 Å². The lowest BCUT2D eigenvalue weighted by atomic mass is 10.0. The molecule has 0 atom stereocenters. The van der Waals surface area contributed by atoms with Crippen molar-refractivity contribution in [3.8, 4) is 11.6 Å². The van der Waals surface area contributed by atoms with Crippen molar-refractivity contribution in [1.29, 1.82) is 0 Å². The number of piperidine rings is 1. The van der Waals surface area contributed by atoms with Crippen LogP contribution in [0.25, 0.3) is 10.8 Å². The van der Waals surface area contributed by atoms with Crippen LogP contribution >= 0.6 is 0 Å². The van der Waals surface area contributed by atoms with Crippen LogP contribution in [0.2, 0.25) is 0 Å². The lowest BCUT2D eigenvalue weighted by molar-refractivity contribution is 0.1000. The van der Waals surface area contributed by atoms with Crippen molar-refractivity contribution in [3.05, 3.63) is 65.9 Å². The Bertz CT molecular complexity index is 966. The molecule has 2 aromatic carbocycles. The molecule has 1 fully saturated rings. The van der Waals surface area contributed by atoms with Crippen LogP contribution in [0.1, 0.15) is 28.8 Å². The van der Waals surface area contributed by atoms with Crippen LogP contribution in [0.15, 0.2) is 54.7 Å². The molecule has 6 heteroatoms. The third-order valence-electron chi connectivity index (χ3n) is 5.13. The summed E-state index contributed by atoms with van der Waals surface area (Å²) in [5, 5.41) is 9.27. The van der Waals surface area contributed by atoms with E-state index in [9.17, 15) is 4.79 Å². The number of amides is 1. The van der Waals surface area contributed by atoms with E-state index in [0.717, 1.165) is 49.0 Å². The van der Waals surface area contributed by atoms with Crippen molar-refractivity contribution in [1.82, 2.24) is 15.6 Å². The van der Waals surface area contributed by atoms with Gasteiger partial charge in [-0.3, -0.25) is 4.79 Å². The van der Waals surface area contributed by atoms with E-state index in [1.54, 1.807) is 12.1 Å². The number of carbonyl (C=O) groups excluding carboxylic acids is 1. The van der Waals surface area contributed by atoms with Gasteiger partial charge in [0.05, 0.1) is 5.56 Å². The van der Waals surface area contributed by atoms with Gasteiger partial charge in [-0.25, -0.2) is 4.98 Å². The van der Waals surface area contributed by atoms with Crippen LogP contribution in [-0.2, 0) is 6.54 Å². The van der Waals surface area contributed by atoms with Gasteiger partial charge in [0.2, 0.25) is 11.8 Å². The predicted molar refractivity (Wildman–Crippen MR) is 110 cm³/mol. The maximum absolute atomic E-state index is 11.2. The second kappa shape index (κ2) is 8.37. The van der Waals surface area contributed by atoms with E-state index in [0.29, 0.717) is 17.5 Å². The van der Waals surface area contributed by atoms with Crippen molar-refractivity contribution >= 4 is 16.7 Å². The van der Waals surface area contributed by atoms with Gasteiger partial charge in [-0.2, -0.15) is 0 Å². The first kappa shape index (κ1) is 18.4. The summed E-state index contributed by atoms with van der Waals surface area (Å²) < 4.78 is 5.98. The minimum Gasteiger partial charge on any atom is -0.438 e. The van der Waals surface area contributed by atoms with Gasteiger partial charge in [0.1, 0.15) is 5.75 Å². The number of carbonyl (C=O) groups is 1. The molecule has 6 nitrogen and oxygen atoms in total. The molecule has 28 heavy (non-hydrogen) atoms. The van der Waals surface area contributed by atoms with Crippen molar-refractivity contribution in [3.63, 3.8) is 0 Å². The number of pyridine rings is 1. The lowest BCUT2D eigenvalue weighted by Crippen LogP contribution is -2.39. The molecule has 0 bridgehead atoms. The van der Waals surface area contributed by atoms with Crippen LogP contribution in [0, 0.1) is 0 Å². The highest BCUT2D eigenvalue weighted by molar-refractivity contribution is 5.92. The van der Waals surface area contributed by atoms with Gasteiger partial charge < -0.3 is 21.1 Å². The third-order valence-corrected chi connectivity index (χ3v) is 5.13. The van der Waals surface area contributed by atoms with Crippen molar-refractivity contribution < 1.29 is 9.53 Å². The summed E-state index contributed by atoms with van der Waals surface area (Å²) in [6, 6.07) is 16.1. The summed E-state index contributed by atoms with van der Waals surface area (Å²) in [4.78, 5) is 15.4. The van der Waals surface area contributed by atoms with Gasteiger partial charge in [0.25, 0.3) is 0 Å². The van der Waals surface area contributed by atoms with Crippen LogP contribution in [0.4, 0.5) is 0 Å². The summed E-state index contributed by atoms with van der Waals surface area (Å²) in [5.74, 6) is 0.659. The normalized spacial score (nSPS) is 14.9. The fourth-order valence-corrected chi connectivity index (χ4v) is 3.56. The third kappa shape index (κ3) is 4.13. The maximum Gasteiger partial charge on any atom is 0.250 e. The Morgan fingerprint density at radius 2 is 1.89 bits per heavy atom. The van der Waals surface area contributed by atoms with Gasteiger partial charge in [0, 0.05) is 30.2 Å². The maximum atomic E-state index is 11.2. The highest BCUT2D eigenvalue weighted by Gasteiger charge is 2.14. The van der Waals surface area contributed by atoms with Gasteiger partial charge in [-0.05, 0) is 49.0 Å². The van der Waals surface area contributed by atoms with E-state index in [1.165, 1.54) is 11.8 Å². The van der Waals surface area contributed by atoms with E-state index in [2.05, 4.69) is 33.8 Å². The number of nitrogens with one attached hydrogen (secondary N) is 2. The van der Waals surface area contributed by atoms with E-state index in [4.69, 9.17) is 10.5 Å². The first-order chi connectivity index (χ1) is 13.7. The molecule has 1 aliphatic rings. The smallest absolute Gasteiger partial charge is 0.250 e. The standard InChI is InChI=1S/C22H24N4O2/c23-22(27)16-6-8-21(26-14-16)28-20-7-5-15(18-3-1-2-4-19(18)20)13-25-17-9-11-24-12-10-17/h1-8,14,17,24-25H,9-13H2,(H2,23,27).